The highest BCUT2D eigenvalue weighted by atomic mass is 16.5. The zero-order valence-electron chi connectivity index (χ0n) is 12.5. The molecule has 0 bridgehead atoms. The van der Waals surface area contributed by atoms with E-state index >= 15 is 0 Å². The first-order valence-corrected chi connectivity index (χ1v) is 7.82. The Bertz CT molecular complexity index is 437. The molecule has 1 fully saturated rings. The Kier molecular flexibility index (Phi) is 6.95. The molecule has 0 spiro atoms. The number of rotatable bonds is 6. The smallest absolute Gasteiger partial charge is 0.244 e. The summed E-state index contributed by atoms with van der Waals surface area (Å²) in [5, 5.41) is 2.84. The number of nitrogens with one attached hydrogen (secondary N) is 1. The van der Waals surface area contributed by atoms with Crippen LogP contribution in [-0.2, 0) is 9.53 Å². The van der Waals surface area contributed by atoms with Crippen LogP contribution in [0.25, 0.3) is 6.08 Å². The topological polar surface area (TPSA) is 51.2 Å². The van der Waals surface area contributed by atoms with Crippen LogP contribution in [0.15, 0.2) is 30.6 Å². The highest BCUT2D eigenvalue weighted by Gasteiger charge is 2.11. The summed E-state index contributed by atoms with van der Waals surface area (Å²) in [6.45, 7) is 1.16. The number of carbonyl (C=O) groups is 1. The zero-order chi connectivity index (χ0) is 14.8. The van der Waals surface area contributed by atoms with Gasteiger partial charge in [-0.15, -0.1) is 0 Å². The molecule has 0 radical (unpaired) electrons. The van der Waals surface area contributed by atoms with E-state index in [0.717, 1.165) is 18.4 Å². The SMILES string of the molecule is O=C(C=Cc1cccnc1)NCCOC1CCCCCC1. The highest BCUT2D eigenvalue weighted by Crippen LogP contribution is 2.19. The predicted molar refractivity (Wildman–Crippen MR) is 83.7 cm³/mol. The second-order valence-corrected chi connectivity index (χ2v) is 5.40. The van der Waals surface area contributed by atoms with Crippen LogP contribution in [0.4, 0.5) is 0 Å². The van der Waals surface area contributed by atoms with Gasteiger partial charge in [0.05, 0.1) is 12.7 Å². The maximum atomic E-state index is 11.6. The summed E-state index contributed by atoms with van der Waals surface area (Å²) in [6, 6.07) is 3.75. The lowest BCUT2D eigenvalue weighted by Crippen LogP contribution is -2.27. The third kappa shape index (κ3) is 6.54. The number of ether oxygens (including phenoxy) is 1. The first kappa shape index (κ1) is 15.7. The molecule has 0 aromatic carbocycles. The van der Waals surface area contributed by atoms with Gasteiger partial charge in [0.2, 0.25) is 5.91 Å². The van der Waals surface area contributed by atoms with Gasteiger partial charge in [-0.05, 0) is 30.5 Å². The van der Waals surface area contributed by atoms with Crippen LogP contribution in [0.2, 0.25) is 0 Å². The molecule has 1 aromatic heterocycles. The number of hydrogen-bond donors (Lipinski definition) is 1. The van der Waals surface area contributed by atoms with Gasteiger partial charge in [-0.3, -0.25) is 9.78 Å². The molecule has 1 aromatic rings. The van der Waals surface area contributed by atoms with E-state index in [4.69, 9.17) is 4.74 Å². The number of aromatic nitrogens is 1. The van der Waals surface area contributed by atoms with Gasteiger partial charge in [-0.2, -0.15) is 0 Å². The first-order chi connectivity index (χ1) is 10.3. The molecular weight excluding hydrogens is 264 g/mol. The van der Waals surface area contributed by atoms with Crippen LogP contribution in [0.1, 0.15) is 44.1 Å². The molecule has 1 N–H and O–H groups in total. The van der Waals surface area contributed by atoms with Crippen molar-refractivity contribution in [2.24, 2.45) is 0 Å². The number of hydrogen-bond acceptors (Lipinski definition) is 3. The van der Waals surface area contributed by atoms with Gasteiger partial charge in [0.15, 0.2) is 0 Å². The molecule has 1 saturated carbocycles. The van der Waals surface area contributed by atoms with E-state index in [0.29, 0.717) is 19.3 Å². The molecule has 0 unspecified atom stereocenters. The second-order valence-electron chi connectivity index (χ2n) is 5.40. The zero-order valence-corrected chi connectivity index (χ0v) is 12.5. The number of amides is 1. The van der Waals surface area contributed by atoms with E-state index in [-0.39, 0.29) is 5.91 Å². The molecule has 0 atom stereocenters. The van der Waals surface area contributed by atoms with Crippen LogP contribution in [-0.4, -0.2) is 30.1 Å². The number of nitrogens with zero attached hydrogens (tertiary/aromatic N) is 1. The molecule has 114 valence electrons. The minimum Gasteiger partial charge on any atom is -0.376 e. The lowest BCUT2D eigenvalue weighted by Gasteiger charge is -2.15. The standard InChI is InChI=1S/C17H24N2O2/c20-17(10-9-15-6-5-11-18-14-15)19-12-13-21-16-7-3-1-2-4-8-16/h5-6,9-11,14,16H,1-4,7-8,12-13H2,(H,19,20). The molecular formula is C17H24N2O2. The minimum absolute atomic E-state index is 0.0941. The van der Waals surface area contributed by atoms with E-state index in [2.05, 4.69) is 10.3 Å². The van der Waals surface area contributed by atoms with Crippen molar-refractivity contribution < 1.29 is 9.53 Å². The quantitative estimate of drug-likeness (QED) is 0.497. The lowest BCUT2D eigenvalue weighted by atomic mass is 10.1. The van der Waals surface area contributed by atoms with Crippen LogP contribution in [0.3, 0.4) is 0 Å². The van der Waals surface area contributed by atoms with Gasteiger partial charge in [-0.1, -0.05) is 31.7 Å². The van der Waals surface area contributed by atoms with Crippen molar-refractivity contribution >= 4 is 12.0 Å². The van der Waals surface area contributed by atoms with Crippen molar-refractivity contribution in [3.63, 3.8) is 0 Å². The fourth-order valence-corrected chi connectivity index (χ4v) is 2.51. The molecule has 1 heterocycles. The summed E-state index contributed by atoms with van der Waals surface area (Å²) in [5.74, 6) is -0.0941. The van der Waals surface area contributed by atoms with Crippen LogP contribution < -0.4 is 5.32 Å². The third-order valence-corrected chi connectivity index (χ3v) is 3.67. The molecule has 21 heavy (non-hydrogen) atoms. The van der Waals surface area contributed by atoms with Gasteiger partial charge in [-0.25, -0.2) is 0 Å². The average molecular weight is 288 g/mol. The molecule has 4 nitrogen and oxygen atoms in total. The third-order valence-electron chi connectivity index (χ3n) is 3.67. The maximum Gasteiger partial charge on any atom is 0.244 e. The maximum absolute atomic E-state index is 11.6. The molecule has 4 heteroatoms. The van der Waals surface area contributed by atoms with Crippen molar-refractivity contribution in [2.45, 2.75) is 44.6 Å². The van der Waals surface area contributed by atoms with E-state index < -0.39 is 0 Å². The molecule has 1 aliphatic carbocycles. The summed E-state index contributed by atoms with van der Waals surface area (Å²) < 4.78 is 5.83. The van der Waals surface area contributed by atoms with Crippen molar-refractivity contribution in [3.05, 3.63) is 36.2 Å². The van der Waals surface area contributed by atoms with Gasteiger partial charge in [0, 0.05) is 25.0 Å². The Labute approximate surface area is 126 Å². The van der Waals surface area contributed by atoms with Gasteiger partial charge in [0.25, 0.3) is 0 Å². The molecule has 1 aliphatic rings. The van der Waals surface area contributed by atoms with Crippen molar-refractivity contribution in [1.82, 2.24) is 10.3 Å². The van der Waals surface area contributed by atoms with E-state index in [9.17, 15) is 4.79 Å². The van der Waals surface area contributed by atoms with Gasteiger partial charge in [0.1, 0.15) is 0 Å². The van der Waals surface area contributed by atoms with E-state index in [1.807, 2.05) is 12.1 Å². The lowest BCUT2D eigenvalue weighted by molar-refractivity contribution is -0.116. The fraction of sp³-hybridized carbons (Fsp3) is 0.529. The second kappa shape index (κ2) is 9.29. The number of pyridine rings is 1. The van der Waals surface area contributed by atoms with Crippen molar-refractivity contribution in [1.29, 1.82) is 0 Å². The van der Waals surface area contributed by atoms with Crippen molar-refractivity contribution in [2.75, 3.05) is 13.2 Å². The molecule has 1 amide bonds. The van der Waals surface area contributed by atoms with Gasteiger partial charge < -0.3 is 10.1 Å². The summed E-state index contributed by atoms with van der Waals surface area (Å²) in [6.07, 6.45) is 14.6. The van der Waals surface area contributed by atoms with Crippen LogP contribution in [0, 0.1) is 0 Å². The Balaban J connectivity index is 1.59. The monoisotopic (exact) mass is 288 g/mol. The first-order valence-electron chi connectivity index (χ1n) is 7.82. The highest BCUT2D eigenvalue weighted by molar-refractivity contribution is 5.91. The summed E-state index contributed by atoms with van der Waals surface area (Å²) in [7, 11) is 0. The van der Waals surface area contributed by atoms with Gasteiger partial charge >= 0.3 is 0 Å². The molecule has 0 saturated heterocycles. The van der Waals surface area contributed by atoms with E-state index in [1.165, 1.54) is 31.8 Å². The summed E-state index contributed by atoms with van der Waals surface area (Å²) in [4.78, 5) is 15.6. The Morgan fingerprint density at radius 1 is 1.33 bits per heavy atom. The number of carbonyl (C=O) groups excluding carboxylic acids is 1. The van der Waals surface area contributed by atoms with Crippen LogP contribution in [0.5, 0.6) is 0 Å². The van der Waals surface area contributed by atoms with E-state index in [1.54, 1.807) is 18.5 Å². The molecule has 0 aliphatic heterocycles. The van der Waals surface area contributed by atoms with Crippen LogP contribution >= 0.6 is 0 Å². The Hall–Kier alpha value is -1.68. The molecule has 2 rings (SSSR count). The minimum atomic E-state index is -0.0941. The normalized spacial score (nSPS) is 16.8. The summed E-state index contributed by atoms with van der Waals surface area (Å²) >= 11 is 0. The Morgan fingerprint density at radius 2 is 2.14 bits per heavy atom. The van der Waals surface area contributed by atoms with Crippen molar-refractivity contribution in [3.8, 4) is 0 Å². The Morgan fingerprint density at radius 3 is 2.86 bits per heavy atom. The largest absolute Gasteiger partial charge is 0.376 e. The predicted octanol–water partition coefficient (Wildman–Crippen LogP) is 2.95. The fourth-order valence-electron chi connectivity index (χ4n) is 2.51. The average Bonchev–Trinajstić information content (AvgIpc) is 2.79. The summed E-state index contributed by atoms with van der Waals surface area (Å²) in [5.41, 5.74) is 0.919.